The van der Waals surface area contributed by atoms with Crippen LogP contribution in [0.4, 0.5) is 0 Å². The molecule has 0 aromatic heterocycles. The summed E-state index contributed by atoms with van der Waals surface area (Å²) in [7, 11) is 3.27. The van der Waals surface area contributed by atoms with Crippen molar-refractivity contribution in [2.24, 2.45) is 4.99 Å². The maximum Gasteiger partial charge on any atom is 0.191 e. The van der Waals surface area contributed by atoms with Crippen molar-refractivity contribution in [3.05, 3.63) is 53.6 Å². The number of rotatable bonds is 7. The van der Waals surface area contributed by atoms with Gasteiger partial charge in [-0.1, -0.05) is 12.1 Å². The highest BCUT2D eigenvalue weighted by molar-refractivity contribution is 5.79. The number of phenolic OH excluding ortho intramolecular Hbond substituents is 1. The van der Waals surface area contributed by atoms with E-state index in [4.69, 9.17) is 9.47 Å². The van der Waals surface area contributed by atoms with Crippen LogP contribution in [0, 0.1) is 0 Å². The number of hydrogen-bond donors (Lipinski definition) is 3. The van der Waals surface area contributed by atoms with E-state index in [2.05, 4.69) is 15.6 Å². The zero-order valence-corrected chi connectivity index (χ0v) is 14.9. The van der Waals surface area contributed by atoms with Crippen molar-refractivity contribution in [3.63, 3.8) is 0 Å². The van der Waals surface area contributed by atoms with Gasteiger partial charge in [-0.05, 0) is 36.8 Å². The van der Waals surface area contributed by atoms with Crippen molar-refractivity contribution in [2.75, 3.05) is 20.8 Å². The van der Waals surface area contributed by atoms with Crippen LogP contribution in [0.1, 0.15) is 18.1 Å². The number of phenols is 1. The molecular formula is C19H25N3O3. The highest BCUT2D eigenvalue weighted by Crippen LogP contribution is 2.24. The lowest BCUT2D eigenvalue weighted by molar-refractivity contribution is 0.390. The molecule has 0 aliphatic rings. The summed E-state index contributed by atoms with van der Waals surface area (Å²) in [6.45, 7) is 3.89. The predicted octanol–water partition coefficient (Wildman–Crippen LogP) is 2.66. The van der Waals surface area contributed by atoms with Gasteiger partial charge in [-0.15, -0.1) is 0 Å². The molecule has 3 N–H and O–H groups in total. The van der Waals surface area contributed by atoms with Gasteiger partial charge in [0.15, 0.2) is 5.96 Å². The lowest BCUT2D eigenvalue weighted by Crippen LogP contribution is -2.36. The fourth-order valence-corrected chi connectivity index (χ4v) is 2.29. The van der Waals surface area contributed by atoms with Gasteiger partial charge in [0, 0.05) is 24.7 Å². The molecule has 6 heteroatoms. The lowest BCUT2D eigenvalue weighted by atomic mass is 10.2. The molecule has 0 unspecified atom stereocenters. The van der Waals surface area contributed by atoms with E-state index in [1.165, 1.54) is 0 Å². The van der Waals surface area contributed by atoms with Crippen molar-refractivity contribution in [3.8, 4) is 17.2 Å². The molecule has 2 aromatic carbocycles. The molecule has 0 saturated carbocycles. The van der Waals surface area contributed by atoms with Crippen LogP contribution in [0.15, 0.2) is 47.5 Å². The Morgan fingerprint density at radius 3 is 2.44 bits per heavy atom. The Balaban J connectivity index is 2.03. The summed E-state index contributed by atoms with van der Waals surface area (Å²) in [5, 5.41) is 15.9. The van der Waals surface area contributed by atoms with E-state index in [9.17, 15) is 5.11 Å². The summed E-state index contributed by atoms with van der Waals surface area (Å²) in [6.07, 6.45) is 0. The molecule has 0 bridgehead atoms. The third-order valence-electron chi connectivity index (χ3n) is 3.64. The van der Waals surface area contributed by atoms with Crippen molar-refractivity contribution >= 4 is 5.96 Å². The summed E-state index contributed by atoms with van der Waals surface area (Å²) in [5.74, 6) is 2.49. The lowest BCUT2D eigenvalue weighted by Gasteiger charge is -2.14. The van der Waals surface area contributed by atoms with Crippen LogP contribution < -0.4 is 20.1 Å². The number of nitrogens with zero attached hydrogens (tertiary/aromatic N) is 1. The minimum atomic E-state index is 0.254. The molecule has 0 heterocycles. The van der Waals surface area contributed by atoms with Crippen LogP contribution in [-0.2, 0) is 13.1 Å². The fraction of sp³-hybridized carbons (Fsp3) is 0.316. The second-order valence-electron chi connectivity index (χ2n) is 5.39. The normalized spacial score (nSPS) is 11.1. The van der Waals surface area contributed by atoms with Gasteiger partial charge in [0.2, 0.25) is 0 Å². The minimum absolute atomic E-state index is 0.254. The molecule has 0 aliphatic carbocycles. The van der Waals surface area contributed by atoms with E-state index >= 15 is 0 Å². The minimum Gasteiger partial charge on any atom is -0.508 e. The Morgan fingerprint density at radius 2 is 1.80 bits per heavy atom. The van der Waals surface area contributed by atoms with Gasteiger partial charge in [-0.2, -0.15) is 0 Å². The van der Waals surface area contributed by atoms with Gasteiger partial charge in [0.05, 0.1) is 20.8 Å². The number of nitrogens with one attached hydrogen (secondary N) is 2. The van der Waals surface area contributed by atoms with Crippen molar-refractivity contribution < 1.29 is 14.6 Å². The SMILES string of the molecule is CCNC(=NCc1ccc(O)cc1)NCc1ccc(OC)cc1OC. The number of aliphatic imine (C=N–C) groups is 1. The van der Waals surface area contributed by atoms with Gasteiger partial charge in [0.1, 0.15) is 17.2 Å². The zero-order valence-electron chi connectivity index (χ0n) is 14.9. The molecule has 0 aliphatic heterocycles. The monoisotopic (exact) mass is 343 g/mol. The molecule has 0 fully saturated rings. The number of guanidine groups is 1. The van der Waals surface area contributed by atoms with Crippen LogP contribution in [-0.4, -0.2) is 31.8 Å². The van der Waals surface area contributed by atoms with Gasteiger partial charge in [-0.25, -0.2) is 4.99 Å². The second kappa shape index (κ2) is 9.42. The number of aromatic hydroxyl groups is 1. The first-order chi connectivity index (χ1) is 12.2. The Labute approximate surface area is 148 Å². The number of methoxy groups -OCH3 is 2. The van der Waals surface area contributed by atoms with Crippen molar-refractivity contribution in [2.45, 2.75) is 20.0 Å². The molecule has 2 aromatic rings. The molecule has 0 saturated heterocycles. The Hall–Kier alpha value is -2.89. The maximum atomic E-state index is 9.33. The van der Waals surface area contributed by atoms with Gasteiger partial charge in [-0.3, -0.25) is 0 Å². The van der Waals surface area contributed by atoms with E-state index in [0.717, 1.165) is 29.2 Å². The fourth-order valence-electron chi connectivity index (χ4n) is 2.29. The van der Waals surface area contributed by atoms with Crippen molar-refractivity contribution in [1.82, 2.24) is 10.6 Å². The molecule has 25 heavy (non-hydrogen) atoms. The smallest absolute Gasteiger partial charge is 0.191 e. The quantitative estimate of drug-likeness (QED) is 0.532. The number of hydrogen-bond acceptors (Lipinski definition) is 4. The van der Waals surface area contributed by atoms with Crippen LogP contribution in [0.3, 0.4) is 0 Å². The summed E-state index contributed by atoms with van der Waals surface area (Å²) in [4.78, 5) is 4.56. The van der Waals surface area contributed by atoms with Gasteiger partial charge in [0.25, 0.3) is 0 Å². The Bertz CT molecular complexity index is 700. The van der Waals surface area contributed by atoms with E-state index in [-0.39, 0.29) is 5.75 Å². The third-order valence-corrected chi connectivity index (χ3v) is 3.64. The Kier molecular flexibility index (Phi) is 6.95. The highest BCUT2D eigenvalue weighted by Gasteiger charge is 2.06. The molecule has 0 radical (unpaired) electrons. The average Bonchev–Trinajstić information content (AvgIpc) is 2.65. The maximum absolute atomic E-state index is 9.33. The summed E-state index contributed by atoms with van der Waals surface area (Å²) in [5.41, 5.74) is 2.04. The number of ether oxygens (including phenoxy) is 2. The van der Waals surface area contributed by atoms with E-state index in [1.807, 2.05) is 37.3 Å². The zero-order chi connectivity index (χ0) is 18.1. The van der Waals surface area contributed by atoms with Crippen LogP contribution >= 0.6 is 0 Å². The largest absolute Gasteiger partial charge is 0.508 e. The first-order valence-corrected chi connectivity index (χ1v) is 8.17. The predicted molar refractivity (Wildman–Crippen MR) is 99.3 cm³/mol. The number of benzene rings is 2. The van der Waals surface area contributed by atoms with Gasteiger partial charge < -0.3 is 25.2 Å². The van der Waals surface area contributed by atoms with Crippen molar-refractivity contribution in [1.29, 1.82) is 0 Å². The average molecular weight is 343 g/mol. The molecule has 0 atom stereocenters. The standard InChI is InChI=1S/C19H25N3O3/c1-4-20-19(21-12-14-5-8-16(23)9-6-14)22-13-15-7-10-17(24-2)11-18(15)25-3/h5-11,23H,4,12-13H2,1-3H3,(H2,20,21,22). The third kappa shape index (κ3) is 5.60. The summed E-state index contributed by atoms with van der Waals surface area (Å²) < 4.78 is 10.6. The van der Waals surface area contributed by atoms with Crippen LogP contribution in [0.25, 0.3) is 0 Å². The topological polar surface area (TPSA) is 75.1 Å². The molecular weight excluding hydrogens is 318 g/mol. The molecule has 2 rings (SSSR count). The van der Waals surface area contributed by atoms with E-state index < -0.39 is 0 Å². The summed E-state index contributed by atoms with van der Waals surface area (Å²) >= 11 is 0. The first kappa shape index (κ1) is 18.4. The van der Waals surface area contributed by atoms with Crippen LogP contribution in [0.2, 0.25) is 0 Å². The molecule has 0 amide bonds. The van der Waals surface area contributed by atoms with E-state index in [0.29, 0.717) is 19.0 Å². The van der Waals surface area contributed by atoms with Gasteiger partial charge >= 0.3 is 0 Å². The summed E-state index contributed by atoms with van der Waals surface area (Å²) in [6, 6.07) is 12.8. The second-order valence-corrected chi connectivity index (χ2v) is 5.39. The molecule has 0 spiro atoms. The van der Waals surface area contributed by atoms with E-state index in [1.54, 1.807) is 26.4 Å². The highest BCUT2D eigenvalue weighted by atomic mass is 16.5. The van der Waals surface area contributed by atoms with Crippen LogP contribution in [0.5, 0.6) is 17.2 Å². The molecule has 134 valence electrons. The molecule has 6 nitrogen and oxygen atoms in total. The Morgan fingerprint density at radius 1 is 1.04 bits per heavy atom. The first-order valence-electron chi connectivity index (χ1n) is 8.17.